The van der Waals surface area contributed by atoms with Gasteiger partial charge in [0.2, 0.25) is 5.91 Å². The third-order valence-electron chi connectivity index (χ3n) is 3.85. The summed E-state index contributed by atoms with van der Waals surface area (Å²) in [6, 6.07) is 8.08. The number of carbonyl (C=O) groups is 2. The highest BCUT2D eigenvalue weighted by Gasteiger charge is 2.15. The highest BCUT2D eigenvalue weighted by Crippen LogP contribution is 2.23. The number of ether oxygens (including phenoxy) is 1. The summed E-state index contributed by atoms with van der Waals surface area (Å²) in [7, 11) is 0. The van der Waals surface area contributed by atoms with Crippen molar-refractivity contribution >= 4 is 40.9 Å². The first-order valence-corrected chi connectivity index (χ1v) is 10.2. The summed E-state index contributed by atoms with van der Waals surface area (Å²) in [5, 5.41) is 6.21. The van der Waals surface area contributed by atoms with Crippen molar-refractivity contribution in [2.75, 3.05) is 11.9 Å². The van der Waals surface area contributed by atoms with E-state index in [1.807, 2.05) is 0 Å². The van der Waals surface area contributed by atoms with Gasteiger partial charge in [-0.3, -0.25) is 9.59 Å². The normalized spacial score (nSPS) is 11.1. The van der Waals surface area contributed by atoms with Crippen LogP contribution in [-0.2, 0) is 16.1 Å². The zero-order valence-electron chi connectivity index (χ0n) is 17.1. The SMILES string of the molecule is CC(C)(C)OC(=O)NCCCC(=O)Nc1ccc(=O)n(Cc2ccc(Cl)c(Cl)c2)c1. The minimum atomic E-state index is -0.568. The zero-order valence-corrected chi connectivity index (χ0v) is 18.6. The summed E-state index contributed by atoms with van der Waals surface area (Å²) >= 11 is 11.9. The van der Waals surface area contributed by atoms with E-state index in [-0.39, 0.29) is 17.9 Å². The minimum absolute atomic E-state index is 0.208. The van der Waals surface area contributed by atoms with Crippen LogP contribution in [0, 0.1) is 0 Å². The first-order chi connectivity index (χ1) is 14.0. The molecule has 2 rings (SSSR count). The van der Waals surface area contributed by atoms with Crippen molar-refractivity contribution < 1.29 is 14.3 Å². The largest absolute Gasteiger partial charge is 0.444 e. The Kier molecular flexibility index (Phi) is 8.32. The topological polar surface area (TPSA) is 89.4 Å². The Hall–Kier alpha value is -2.51. The summed E-state index contributed by atoms with van der Waals surface area (Å²) in [6.45, 7) is 5.95. The molecule has 2 amide bonds. The predicted octanol–water partition coefficient (Wildman–Crippen LogP) is 4.45. The molecular formula is C21H25Cl2N3O4. The van der Waals surface area contributed by atoms with Gasteiger partial charge in [0, 0.05) is 25.2 Å². The molecule has 0 aliphatic heterocycles. The Labute approximate surface area is 185 Å². The van der Waals surface area contributed by atoms with Crippen LogP contribution in [0.1, 0.15) is 39.2 Å². The molecule has 0 unspecified atom stereocenters. The maximum Gasteiger partial charge on any atom is 0.407 e. The third kappa shape index (κ3) is 8.08. The van der Waals surface area contributed by atoms with Crippen LogP contribution in [-0.4, -0.2) is 28.7 Å². The number of hydrogen-bond donors (Lipinski definition) is 2. The van der Waals surface area contributed by atoms with E-state index >= 15 is 0 Å². The average molecular weight is 454 g/mol. The summed E-state index contributed by atoms with van der Waals surface area (Å²) in [4.78, 5) is 35.8. The number of nitrogens with zero attached hydrogens (tertiary/aromatic N) is 1. The molecule has 0 saturated carbocycles. The molecule has 0 saturated heterocycles. The van der Waals surface area contributed by atoms with Gasteiger partial charge in [-0.05, 0) is 51.0 Å². The van der Waals surface area contributed by atoms with Gasteiger partial charge >= 0.3 is 6.09 Å². The number of amides is 2. The lowest BCUT2D eigenvalue weighted by atomic mass is 10.2. The van der Waals surface area contributed by atoms with Gasteiger partial charge in [0.25, 0.3) is 5.56 Å². The number of anilines is 1. The van der Waals surface area contributed by atoms with Gasteiger partial charge in [0.15, 0.2) is 0 Å². The minimum Gasteiger partial charge on any atom is -0.444 e. The monoisotopic (exact) mass is 453 g/mol. The molecule has 1 aromatic carbocycles. The molecular weight excluding hydrogens is 429 g/mol. The van der Waals surface area contributed by atoms with Gasteiger partial charge in [-0.15, -0.1) is 0 Å². The summed E-state index contributed by atoms with van der Waals surface area (Å²) in [5.74, 6) is -0.222. The maximum absolute atomic E-state index is 12.1. The molecule has 1 aromatic heterocycles. The van der Waals surface area contributed by atoms with E-state index in [9.17, 15) is 14.4 Å². The quantitative estimate of drug-likeness (QED) is 0.606. The molecule has 7 nitrogen and oxygen atoms in total. The van der Waals surface area contributed by atoms with Crippen LogP contribution in [0.5, 0.6) is 0 Å². The molecule has 2 aromatic rings. The molecule has 2 N–H and O–H groups in total. The summed E-state index contributed by atoms with van der Waals surface area (Å²) in [6.07, 6.45) is 1.72. The van der Waals surface area contributed by atoms with E-state index < -0.39 is 11.7 Å². The van der Waals surface area contributed by atoms with E-state index in [0.29, 0.717) is 35.2 Å². The zero-order chi connectivity index (χ0) is 22.3. The van der Waals surface area contributed by atoms with Crippen LogP contribution >= 0.6 is 23.2 Å². The van der Waals surface area contributed by atoms with E-state index in [1.54, 1.807) is 51.2 Å². The fourth-order valence-corrected chi connectivity index (χ4v) is 2.86. The predicted molar refractivity (Wildman–Crippen MR) is 118 cm³/mol. The molecule has 162 valence electrons. The summed E-state index contributed by atoms with van der Waals surface area (Å²) in [5.41, 5.74) is 0.533. The number of carbonyl (C=O) groups excluding carboxylic acids is 2. The van der Waals surface area contributed by atoms with Crippen molar-refractivity contribution in [1.29, 1.82) is 0 Å². The third-order valence-corrected chi connectivity index (χ3v) is 4.59. The van der Waals surface area contributed by atoms with Gasteiger partial charge < -0.3 is 19.9 Å². The van der Waals surface area contributed by atoms with E-state index in [2.05, 4.69) is 10.6 Å². The van der Waals surface area contributed by atoms with Gasteiger partial charge in [0.1, 0.15) is 5.60 Å². The maximum atomic E-state index is 12.1. The molecule has 1 heterocycles. The molecule has 9 heteroatoms. The van der Waals surface area contributed by atoms with Crippen molar-refractivity contribution in [1.82, 2.24) is 9.88 Å². The van der Waals surface area contributed by atoms with Crippen LogP contribution < -0.4 is 16.2 Å². The number of benzene rings is 1. The number of rotatable bonds is 7. The highest BCUT2D eigenvalue weighted by atomic mass is 35.5. The molecule has 0 atom stereocenters. The molecule has 0 fully saturated rings. The molecule has 0 aliphatic carbocycles. The van der Waals surface area contributed by atoms with Crippen LogP contribution in [0.15, 0.2) is 41.3 Å². The molecule has 0 bridgehead atoms. The second-order valence-electron chi connectivity index (χ2n) is 7.71. The number of alkyl carbamates (subject to hydrolysis) is 1. The van der Waals surface area contributed by atoms with Crippen LogP contribution in [0.3, 0.4) is 0 Å². The van der Waals surface area contributed by atoms with Gasteiger partial charge in [-0.2, -0.15) is 0 Å². The van der Waals surface area contributed by atoms with E-state index in [0.717, 1.165) is 5.56 Å². The van der Waals surface area contributed by atoms with Crippen molar-refractivity contribution in [3.05, 3.63) is 62.5 Å². The first-order valence-electron chi connectivity index (χ1n) is 9.44. The van der Waals surface area contributed by atoms with Crippen LogP contribution in [0.25, 0.3) is 0 Å². The lowest BCUT2D eigenvalue weighted by Crippen LogP contribution is -2.33. The molecule has 0 spiro atoms. The van der Waals surface area contributed by atoms with Crippen molar-refractivity contribution in [2.24, 2.45) is 0 Å². The molecule has 30 heavy (non-hydrogen) atoms. The second-order valence-corrected chi connectivity index (χ2v) is 8.53. The first kappa shape index (κ1) is 23.8. The van der Waals surface area contributed by atoms with Crippen molar-refractivity contribution in [2.45, 2.75) is 45.8 Å². The molecule has 0 radical (unpaired) electrons. The van der Waals surface area contributed by atoms with Gasteiger partial charge in [0.05, 0.1) is 22.3 Å². The van der Waals surface area contributed by atoms with Gasteiger partial charge in [-0.25, -0.2) is 4.79 Å². The van der Waals surface area contributed by atoms with E-state index in [4.69, 9.17) is 27.9 Å². The smallest absolute Gasteiger partial charge is 0.407 e. The Morgan fingerprint density at radius 3 is 2.50 bits per heavy atom. The number of hydrogen-bond acceptors (Lipinski definition) is 4. The Balaban J connectivity index is 1.87. The Bertz CT molecular complexity index is 967. The second kappa shape index (κ2) is 10.5. The van der Waals surface area contributed by atoms with Gasteiger partial charge in [-0.1, -0.05) is 29.3 Å². The number of aromatic nitrogens is 1. The standard InChI is InChI=1S/C21H25Cl2N3O4/c1-21(2,3)30-20(29)24-10-4-5-18(27)25-15-7-9-19(28)26(13-15)12-14-6-8-16(22)17(23)11-14/h6-9,11,13H,4-5,10,12H2,1-3H3,(H,24,29)(H,25,27). The number of nitrogens with one attached hydrogen (secondary N) is 2. The summed E-state index contributed by atoms with van der Waals surface area (Å²) < 4.78 is 6.60. The lowest BCUT2D eigenvalue weighted by molar-refractivity contribution is -0.116. The fraction of sp³-hybridized carbons (Fsp3) is 0.381. The van der Waals surface area contributed by atoms with Crippen molar-refractivity contribution in [3.8, 4) is 0 Å². The average Bonchev–Trinajstić information content (AvgIpc) is 2.63. The van der Waals surface area contributed by atoms with Crippen LogP contribution in [0.2, 0.25) is 10.0 Å². The lowest BCUT2D eigenvalue weighted by Gasteiger charge is -2.19. The van der Waals surface area contributed by atoms with Crippen molar-refractivity contribution in [3.63, 3.8) is 0 Å². The van der Waals surface area contributed by atoms with Crippen LogP contribution in [0.4, 0.5) is 10.5 Å². The van der Waals surface area contributed by atoms with E-state index in [1.165, 1.54) is 10.6 Å². The Morgan fingerprint density at radius 1 is 1.10 bits per heavy atom. The highest BCUT2D eigenvalue weighted by molar-refractivity contribution is 6.42. The molecule has 0 aliphatic rings. The Morgan fingerprint density at radius 2 is 1.83 bits per heavy atom. The number of halogens is 2. The fourth-order valence-electron chi connectivity index (χ4n) is 2.54. The number of pyridine rings is 1.